The molecule has 0 fully saturated rings. The molecule has 2 aromatic rings. The molecule has 1 atom stereocenters. The molecule has 2 heterocycles. The maximum absolute atomic E-state index is 12.5. The summed E-state index contributed by atoms with van der Waals surface area (Å²) in [6.07, 6.45) is 0.855. The Labute approximate surface area is 156 Å². The van der Waals surface area contributed by atoms with Gasteiger partial charge in [0.25, 0.3) is 0 Å². The fourth-order valence-corrected chi connectivity index (χ4v) is 4.26. The second-order valence-electron chi connectivity index (χ2n) is 5.73. The lowest BCUT2D eigenvalue weighted by molar-refractivity contribution is -0.147. The quantitative estimate of drug-likeness (QED) is 0.564. The third kappa shape index (κ3) is 3.98. The van der Waals surface area contributed by atoms with Gasteiger partial charge in [-0.15, -0.1) is 11.3 Å². The lowest BCUT2D eigenvalue weighted by atomic mass is 10.0. The Hall–Kier alpha value is -1.60. The molecule has 1 aliphatic heterocycles. The van der Waals surface area contributed by atoms with Crippen LogP contribution in [0.5, 0.6) is 5.06 Å². The third-order valence-electron chi connectivity index (χ3n) is 4.18. The van der Waals surface area contributed by atoms with Crippen molar-refractivity contribution >= 4 is 28.9 Å². The van der Waals surface area contributed by atoms with Gasteiger partial charge in [-0.25, -0.2) is 4.79 Å². The monoisotopic (exact) mass is 381 g/mol. The van der Waals surface area contributed by atoms with Crippen LogP contribution in [0.15, 0.2) is 30.3 Å². The molecule has 7 heteroatoms. The van der Waals surface area contributed by atoms with Crippen molar-refractivity contribution in [2.75, 3.05) is 27.6 Å². The molecule has 0 spiro atoms. The van der Waals surface area contributed by atoms with Gasteiger partial charge in [0.15, 0.2) is 11.9 Å². The number of nitrogens with zero attached hydrogens (tertiary/aromatic N) is 1. The molecule has 25 heavy (non-hydrogen) atoms. The molecule has 1 aliphatic rings. The van der Waals surface area contributed by atoms with E-state index in [0.717, 1.165) is 23.6 Å². The van der Waals surface area contributed by atoms with Crippen molar-refractivity contribution in [3.8, 4) is 5.06 Å². The van der Waals surface area contributed by atoms with Crippen LogP contribution in [-0.2, 0) is 27.2 Å². The minimum Gasteiger partial charge on any atom is -0.468 e. The summed E-state index contributed by atoms with van der Waals surface area (Å²) in [6.45, 7) is 1.63. The van der Waals surface area contributed by atoms with Crippen molar-refractivity contribution in [3.05, 3.63) is 51.4 Å². The van der Waals surface area contributed by atoms with Gasteiger partial charge in [0, 0.05) is 30.1 Å². The normalized spacial score (nSPS) is 15.5. The van der Waals surface area contributed by atoms with E-state index < -0.39 is 6.04 Å². The van der Waals surface area contributed by atoms with E-state index in [9.17, 15) is 4.79 Å². The zero-order chi connectivity index (χ0) is 17.8. The summed E-state index contributed by atoms with van der Waals surface area (Å²) in [5.41, 5.74) is 1.94. The van der Waals surface area contributed by atoms with Gasteiger partial charge in [-0.1, -0.05) is 29.8 Å². The van der Waals surface area contributed by atoms with E-state index in [2.05, 4.69) is 4.90 Å². The SMILES string of the molecule is COCOc1cc2c(s1)CCN(C(C(=O)OC)c1ccccc1Cl)C2. The van der Waals surface area contributed by atoms with Crippen molar-refractivity contribution in [3.63, 3.8) is 0 Å². The number of carbonyl (C=O) groups excluding carboxylic acids is 1. The van der Waals surface area contributed by atoms with Crippen LogP contribution in [0.3, 0.4) is 0 Å². The van der Waals surface area contributed by atoms with Crippen molar-refractivity contribution in [1.29, 1.82) is 0 Å². The number of thiophene rings is 1. The highest BCUT2D eigenvalue weighted by Crippen LogP contribution is 2.37. The summed E-state index contributed by atoms with van der Waals surface area (Å²) in [7, 11) is 3.00. The summed E-state index contributed by atoms with van der Waals surface area (Å²) in [5, 5.41) is 1.40. The molecular weight excluding hydrogens is 362 g/mol. The highest BCUT2D eigenvalue weighted by Gasteiger charge is 2.33. The zero-order valence-corrected chi connectivity index (χ0v) is 15.7. The molecule has 0 aliphatic carbocycles. The molecule has 3 rings (SSSR count). The van der Waals surface area contributed by atoms with Gasteiger partial charge in [-0.05, 0) is 29.7 Å². The molecule has 0 N–H and O–H groups in total. The van der Waals surface area contributed by atoms with E-state index in [1.54, 1.807) is 24.5 Å². The average molecular weight is 382 g/mol. The Morgan fingerprint density at radius 1 is 1.36 bits per heavy atom. The molecular formula is C18H20ClNO4S. The molecule has 0 saturated carbocycles. The summed E-state index contributed by atoms with van der Waals surface area (Å²) in [4.78, 5) is 15.8. The first kappa shape index (κ1) is 18.2. The molecule has 1 aromatic carbocycles. The molecule has 5 nitrogen and oxygen atoms in total. The number of hydrogen-bond acceptors (Lipinski definition) is 6. The number of halogens is 1. The Morgan fingerprint density at radius 3 is 2.88 bits per heavy atom. The molecule has 0 saturated heterocycles. The van der Waals surface area contributed by atoms with E-state index in [1.807, 2.05) is 24.3 Å². The highest BCUT2D eigenvalue weighted by atomic mass is 35.5. The van der Waals surface area contributed by atoms with E-state index in [4.69, 9.17) is 25.8 Å². The standard InChI is InChI=1S/C18H20ClNO4S/c1-22-11-24-16-9-12-10-20(8-7-15(12)25-16)17(18(21)23-2)13-5-3-4-6-14(13)19/h3-6,9,17H,7-8,10-11H2,1-2H3. The fraction of sp³-hybridized carbons (Fsp3) is 0.389. The lowest BCUT2D eigenvalue weighted by Gasteiger charge is -2.33. The van der Waals surface area contributed by atoms with Crippen LogP contribution >= 0.6 is 22.9 Å². The molecule has 0 radical (unpaired) electrons. The second kappa shape index (κ2) is 8.19. The Kier molecular flexibility index (Phi) is 5.96. The van der Waals surface area contributed by atoms with Crippen LogP contribution in [-0.4, -0.2) is 38.4 Å². The fourth-order valence-electron chi connectivity index (χ4n) is 3.02. The summed E-state index contributed by atoms with van der Waals surface area (Å²) in [5.74, 6) is -0.303. The predicted octanol–water partition coefficient (Wildman–Crippen LogP) is 3.66. The number of fused-ring (bicyclic) bond motifs is 1. The van der Waals surface area contributed by atoms with Crippen LogP contribution in [0, 0.1) is 0 Å². The Bertz CT molecular complexity index is 748. The first-order valence-corrected chi connectivity index (χ1v) is 9.13. The minimum atomic E-state index is -0.518. The van der Waals surface area contributed by atoms with Gasteiger partial charge in [-0.2, -0.15) is 0 Å². The van der Waals surface area contributed by atoms with Gasteiger partial charge >= 0.3 is 5.97 Å². The Morgan fingerprint density at radius 2 is 2.16 bits per heavy atom. The van der Waals surface area contributed by atoms with Crippen LogP contribution in [0.4, 0.5) is 0 Å². The smallest absolute Gasteiger partial charge is 0.327 e. The first-order valence-electron chi connectivity index (χ1n) is 7.93. The maximum Gasteiger partial charge on any atom is 0.327 e. The lowest BCUT2D eigenvalue weighted by Crippen LogP contribution is -2.38. The topological polar surface area (TPSA) is 48.0 Å². The van der Waals surface area contributed by atoms with E-state index in [1.165, 1.54) is 17.6 Å². The molecule has 1 aromatic heterocycles. The summed E-state index contributed by atoms with van der Waals surface area (Å²) in [6, 6.07) is 8.91. The van der Waals surface area contributed by atoms with Crippen molar-refractivity contribution in [2.24, 2.45) is 0 Å². The number of benzene rings is 1. The Balaban J connectivity index is 1.85. The summed E-state index contributed by atoms with van der Waals surface area (Å²) < 4.78 is 15.5. The molecule has 0 amide bonds. The zero-order valence-electron chi connectivity index (χ0n) is 14.2. The minimum absolute atomic E-state index is 0.230. The summed E-state index contributed by atoms with van der Waals surface area (Å²) >= 11 is 7.97. The van der Waals surface area contributed by atoms with Crippen LogP contribution in [0.1, 0.15) is 22.0 Å². The van der Waals surface area contributed by atoms with Crippen LogP contribution < -0.4 is 4.74 Å². The van der Waals surface area contributed by atoms with Gasteiger partial charge < -0.3 is 14.2 Å². The van der Waals surface area contributed by atoms with Crippen molar-refractivity contribution < 1.29 is 19.0 Å². The van der Waals surface area contributed by atoms with Crippen LogP contribution in [0.2, 0.25) is 5.02 Å². The van der Waals surface area contributed by atoms with Gasteiger partial charge in [0.05, 0.1) is 7.11 Å². The van der Waals surface area contributed by atoms with E-state index in [-0.39, 0.29) is 12.8 Å². The maximum atomic E-state index is 12.5. The van der Waals surface area contributed by atoms with Crippen molar-refractivity contribution in [2.45, 2.75) is 19.0 Å². The highest BCUT2D eigenvalue weighted by molar-refractivity contribution is 7.14. The number of esters is 1. The molecule has 1 unspecified atom stereocenters. The number of hydrogen-bond donors (Lipinski definition) is 0. The van der Waals surface area contributed by atoms with Gasteiger partial charge in [-0.3, -0.25) is 4.90 Å². The third-order valence-corrected chi connectivity index (χ3v) is 5.68. The van der Waals surface area contributed by atoms with E-state index in [0.29, 0.717) is 11.6 Å². The van der Waals surface area contributed by atoms with Gasteiger partial charge in [0.1, 0.15) is 6.04 Å². The number of ether oxygens (including phenoxy) is 3. The number of methoxy groups -OCH3 is 2. The number of rotatable bonds is 6. The molecule has 134 valence electrons. The van der Waals surface area contributed by atoms with Crippen LogP contribution in [0.25, 0.3) is 0 Å². The first-order chi connectivity index (χ1) is 12.1. The van der Waals surface area contributed by atoms with E-state index >= 15 is 0 Å². The predicted molar refractivity (Wildman–Crippen MR) is 97.1 cm³/mol. The second-order valence-corrected chi connectivity index (χ2v) is 7.24. The largest absolute Gasteiger partial charge is 0.468 e. The molecule has 0 bridgehead atoms. The van der Waals surface area contributed by atoms with Gasteiger partial charge in [0.2, 0.25) is 0 Å². The van der Waals surface area contributed by atoms with Crippen molar-refractivity contribution in [1.82, 2.24) is 4.90 Å². The number of carbonyl (C=O) groups is 1. The average Bonchev–Trinajstić information content (AvgIpc) is 3.03.